The van der Waals surface area contributed by atoms with Crippen molar-refractivity contribution >= 4 is 17.6 Å². The van der Waals surface area contributed by atoms with Gasteiger partial charge in [-0.05, 0) is 29.8 Å². The zero-order chi connectivity index (χ0) is 20.9. The number of hydrogen-bond donors (Lipinski definition) is 1. The van der Waals surface area contributed by atoms with Gasteiger partial charge in [0, 0.05) is 44.2 Å². The molecular weight excluding hydrogens is 406 g/mol. The monoisotopic (exact) mass is 427 g/mol. The Morgan fingerprint density at radius 1 is 1.20 bits per heavy atom. The van der Waals surface area contributed by atoms with E-state index in [2.05, 4.69) is 20.4 Å². The first-order valence-corrected chi connectivity index (χ1v) is 9.89. The highest BCUT2D eigenvalue weighted by atomic mass is 35.5. The van der Waals surface area contributed by atoms with Crippen molar-refractivity contribution < 1.29 is 14.0 Å². The molecule has 0 amide bonds. The quantitative estimate of drug-likeness (QED) is 0.476. The minimum Gasteiger partial charge on any atom is -0.454 e. The van der Waals surface area contributed by atoms with Gasteiger partial charge in [-0.15, -0.1) is 0 Å². The van der Waals surface area contributed by atoms with Gasteiger partial charge in [-0.2, -0.15) is 4.98 Å². The topological polar surface area (TPSA) is 85.0 Å². The Labute approximate surface area is 179 Å². The first-order valence-electron chi connectivity index (χ1n) is 9.51. The van der Waals surface area contributed by atoms with Gasteiger partial charge >= 0.3 is 0 Å². The Bertz CT molecular complexity index is 1050. The number of aromatic nitrogens is 2. The molecule has 0 fully saturated rings. The highest BCUT2D eigenvalue weighted by molar-refractivity contribution is 6.30. The predicted octanol–water partition coefficient (Wildman–Crippen LogP) is 3.37. The van der Waals surface area contributed by atoms with Crippen molar-refractivity contribution in [1.82, 2.24) is 20.4 Å². The minimum absolute atomic E-state index is 0.270. The zero-order valence-electron chi connectivity index (χ0n) is 16.8. The van der Waals surface area contributed by atoms with Crippen LogP contribution in [0.2, 0.25) is 5.02 Å². The van der Waals surface area contributed by atoms with Crippen molar-refractivity contribution in [3.63, 3.8) is 0 Å². The average molecular weight is 428 g/mol. The van der Waals surface area contributed by atoms with E-state index in [-0.39, 0.29) is 6.79 Å². The van der Waals surface area contributed by atoms with Crippen molar-refractivity contribution in [2.75, 3.05) is 27.4 Å². The molecule has 0 radical (unpaired) electrons. The Hall–Kier alpha value is -3.26. The number of aliphatic imine (C=N–C) groups is 1. The molecule has 1 aliphatic rings. The fourth-order valence-corrected chi connectivity index (χ4v) is 3.35. The number of benzene rings is 2. The Kier molecular flexibility index (Phi) is 6.04. The van der Waals surface area contributed by atoms with Crippen LogP contribution in [0.3, 0.4) is 0 Å². The Balaban J connectivity index is 1.30. The fraction of sp³-hybridized carbons (Fsp3) is 0.286. The molecule has 3 aromatic rings. The number of nitrogens with one attached hydrogen (secondary N) is 1. The van der Waals surface area contributed by atoms with E-state index in [1.54, 1.807) is 13.1 Å². The van der Waals surface area contributed by atoms with Gasteiger partial charge in [0.1, 0.15) is 0 Å². The molecule has 156 valence electrons. The lowest BCUT2D eigenvalue weighted by Gasteiger charge is -2.22. The van der Waals surface area contributed by atoms with Gasteiger partial charge in [0.2, 0.25) is 18.5 Å². The fourth-order valence-electron chi connectivity index (χ4n) is 3.16. The van der Waals surface area contributed by atoms with Gasteiger partial charge in [-0.1, -0.05) is 35.0 Å². The van der Waals surface area contributed by atoms with Crippen molar-refractivity contribution in [2.45, 2.75) is 13.0 Å². The van der Waals surface area contributed by atoms with Crippen LogP contribution in [0.15, 0.2) is 52.0 Å². The summed E-state index contributed by atoms with van der Waals surface area (Å²) in [6.45, 7) is 1.55. The van der Waals surface area contributed by atoms with E-state index in [0.717, 1.165) is 28.6 Å². The molecular formula is C21H22ClN5O3. The van der Waals surface area contributed by atoms with E-state index in [1.807, 2.05) is 48.3 Å². The molecule has 0 aliphatic carbocycles. The third kappa shape index (κ3) is 4.65. The smallest absolute Gasteiger partial charge is 0.231 e. The van der Waals surface area contributed by atoms with Crippen LogP contribution in [0.5, 0.6) is 11.5 Å². The molecule has 8 nitrogen and oxygen atoms in total. The highest BCUT2D eigenvalue weighted by Crippen LogP contribution is 2.32. The lowest BCUT2D eigenvalue weighted by Crippen LogP contribution is -2.39. The number of fused-ring (bicyclic) bond motifs is 1. The van der Waals surface area contributed by atoms with E-state index < -0.39 is 0 Å². The summed E-state index contributed by atoms with van der Waals surface area (Å²) in [4.78, 5) is 10.8. The number of nitrogens with zero attached hydrogens (tertiary/aromatic N) is 4. The number of guanidine groups is 1. The third-order valence-electron chi connectivity index (χ3n) is 4.60. The molecule has 0 saturated carbocycles. The predicted molar refractivity (Wildman–Crippen MR) is 114 cm³/mol. The number of ether oxygens (including phenoxy) is 2. The summed E-state index contributed by atoms with van der Waals surface area (Å²) in [5, 5.41) is 7.98. The lowest BCUT2D eigenvalue weighted by molar-refractivity contribution is 0.174. The molecule has 0 unspecified atom stereocenters. The molecule has 30 heavy (non-hydrogen) atoms. The molecule has 0 saturated heterocycles. The molecule has 1 aromatic heterocycles. The SMILES string of the molecule is CN=C(NCCc1nc(-c2cccc(Cl)c2)no1)N(C)Cc1ccc2c(c1)OCO2. The van der Waals surface area contributed by atoms with Gasteiger partial charge in [0.25, 0.3) is 0 Å². The van der Waals surface area contributed by atoms with Crippen LogP contribution < -0.4 is 14.8 Å². The van der Waals surface area contributed by atoms with Crippen LogP contribution in [-0.4, -0.2) is 48.4 Å². The molecule has 2 aromatic carbocycles. The molecule has 9 heteroatoms. The summed E-state index contributed by atoms with van der Waals surface area (Å²) < 4.78 is 16.2. The molecule has 1 aliphatic heterocycles. The van der Waals surface area contributed by atoms with E-state index in [9.17, 15) is 0 Å². The summed E-state index contributed by atoms with van der Waals surface area (Å²) >= 11 is 6.02. The maximum atomic E-state index is 6.02. The molecule has 1 N–H and O–H groups in total. The van der Waals surface area contributed by atoms with Crippen LogP contribution in [0.25, 0.3) is 11.4 Å². The van der Waals surface area contributed by atoms with Gasteiger partial charge in [0.05, 0.1) is 0 Å². The third-order valence-corrected chi connectivity index (χ3v) is 4.84. The minimum atomic E-state index is 0.270. The zero-order valence-corrected chi connectivity index (χ0v) is 17.5. The molecule has 4 rings (SSSR count). The maximum Gasteiger partial charge on any atom is 0.231 e. The number of hydrogen-bond acceptors (Lipinski definition) is 6. The van der Waals surface area contributed by atoms with Crippen LogP contribution in [-0.2, 0) is 13.0 Å². The van der Waals surface area contributed by atoms with Crippen molar-refractivity contribution in [1.29, 1.82) is 0 Å². The summed E-state index contributed by atoms with van der Waals surface area (Å²) in [5.74, 6) is 3.39. The highest BCUT2D eigenvalue weighted by Gasteiger charge is 2.15. The Morgan fingerprint density at radius 2 is 2.07 bits per heavy atom. The van der Waals surface area contributed by atoms with Crippen molar-refractivity contribution in [2.24, 2.45) is 4.99 Å². The molecule has 0 atom stereocenters. The van der Waals surface area contributed by atoms with Gasteiger partial charge < -0.3 is 24.2 Å². The molecule has 2 heterocycles. The van der Waals surface area contributed by atoms with Crippen molar-refractivity contribution in [3.8, 4) is 22.9 Å². The first-order chi connectivity index (χ1) is 14.6. The van der Waals surface area contributed by atoms with Gasteiger partial charge in [-0.3, -0.25) is 4.99 Å². The van der Waals surface area contributed by atoms with Gasteiger partial charge in [0.15, 0.2) is 17.5 Å². The largest absolute Gasteiger partial charge is 0.454 e. The van der Waals surface area contributed by atoms with Crippen LogP contribution in [0.1, 0.15) is 11.5 Å². The number of rotatable bonds is 6. The van der Waals surface area contributed by atoms with Crippen LogP contribution in [0, 0.1) is 0 Å². The summed E-state index contributed by atoms with van der Waals surface area (Å²) in [5.41, 5.74) is 1.93. The molecule has 0 bridgehead atoms. The second kappa shape index (κ2) is 9.04. The normalized spacial score (nSPS) is 12.8. The standard InChI is InChI=1S/C21H22ClN5O3/c1-23-21(27(2)12-14-6-7-17-18(10-14)29-13-28-17)24-9-8-19-25-20(26-30-19)15-4-3-5-16(22)11-15/h3-7,10-11H,8-9,12-13H2,1-2H3,(H,23,24). The van der Waals surface area contributed by atoms with Crippen molar-refractivity contribution in [3.05, 3.63) is 58.9 Å². The lowest BCUT2D eigenvalue weighted by atomic mass is 10.2. The summed E-state index contributed by atoms with van der Waals surface area (Å²) in [6.07, 6.45) is 0.574. The maximum absolute atomic E-state index is 6.02. The van der Waals surface area contributed by atoms with E-state index >= 15 is 0 Å². The van der Waals surface area contributed by atoms with Crippen LogP contribution in [0.4, 0.5) is 0 Å². The van der Waals surface area contributed by atoms with E-state index in [0.29, 0.717) is 36.2 Å². The van der Waals surface area contributed by atoms with E-state index in [1.165, 1.54) is 0 Å². The summed E-state index contributed by atoms with van der Waals surface area (Å²) in [6, 6.07) is 13.3. The second-order valence-electron chi connectivity index (χ2n) is 6.79. The number of halogens is 1. The summed E-state index contributed by atoms with van der Waals surface area (Å²) in [7, 11) is 3.73. The van der Waals surface area contributed by atoms with Crippen LogP contribution >= 0.6 is 11.6 Å². The van der Waals surface area contributed by atoms with Gasteiger partial charge in [-0.25, -0.2) is 0 Å². The second-order valence-corrected chi connectivity index (χ2v) is 7.23. The van der Waals surface area contributed by atoms with E-state index in [4.69, 9.17) is 25.6 Å². The molecule has 0 spiro atoms. The average Bonchev–Trinajstić information content (AvgIpc) is 3.40. The first kappa shape index (κ1) is 20.0. The Morgan fingerprint density at radius 3 is 2.90 bits per heavy atom.